The summed E-state index contributed by atoms with van der Waals surface area (Å²) in [6.07, 6.45) is 0. The molecule has 0 saturated heterocycles. The van der Waals surface area contributed by atoms with Crippen molar-refractivity contribution in [3.63, 3.8) is 0 Å². The molecule has 28 heavy (non-hydrogen) atoms. The highest BCUT2D eigenvalue weighted by Gasteiger charge is 2.21. The minimum absolute atomic E-state index is 0.00510. The van der Waals surface area contributed by atoms with Gasteiger partial charge >= 0.3 is 0 Å². The van der Waals surface area contributed by atoms with Crippen LogP contribution in [0.15, 0.2) is 52.3 Å². The van der Waals surface area contributed by atoms with E-state index in [0.717, 1.165) is 11.7 Å². The van der Waals surface area contributed by atoms with Crippen LogP contribution in [0.4, 0.5) is 5.69 Å². The van der Waals surface area contributed by atoms with Gasteiger partial charge in [-0.25, -0.2) is 21.6 Å². The van der Waals surface area contributed by atoms with Gasteiger partial charge in [-0.1, -0.05) is 6.07 Å². The third kappa shape index (κ3) is 4.47. The zero-order valence-electron chi connectivity index (χ0n) is 15.0. The van der Waals surface area contributed by atoms with Crippen molar-refractivity contribution in [1.82, 2.24) is 13.5 Å². The molecule has 1 aromatic heterocycles. The molecule has 0 saturated carbocycles. The van der Waals surface area contributed by atoms with Crippen molar-refractivity contribution in [1.29, 1.82) is 0 Å². The van der Waals surface area contributed by atoms with Crippen molar-refractivity contribution in [3.05, 3.63) is 42.5 Å². The number of nitrogens with one attached hydrogen (secondary N) is 2. The van der Waals surface area contributed by atoms with E-state index >= 15 is 0 Å². The monoisotopic (exact) mass is 442 g/mol. The van der Waals surface area contributed by atoms with Crippen LogP contribution in [-0.2, 0) is 24.8 Å². The van der Waals surface area contributed by atoms with Crippen molar-refractivity contribution in [2.45, 2.75) is 22.8 Å². The first kappa shape index (κ1) is 20.6. The van der Waals surface area contributed by atoms with E-state index in [-0.39, 0.29) is 27.6 Å². The highest BCUT2D eigenvalue weighted by molar-refractivity contribution is 7.93. The maximum absolute atomic E-state index is 12.7. The Balaban J connectivity index is 1.81. The summed E-state index contributed by atoms with van der Waals surface area (Å²) in [4.78, 5) is 0.0229. The molecule has 0 radical (unpaired) electrons. The number of hydrogen-bond acceptors (Lipinski definition) is 8. The van der Waals surface area contributed by atoms with E-state index in [4.69, 9.17) is 4.74 Å². The molecule has 3 rings (SSSR count). The third-order valence-electron chi connectivity index (χ3n) is 3.73. The molecule has 1 atom stereocenters. The third-order valence-corrected chi connectivity index (χ3v) is 7.29. The van der Waals surface area contributed by atoms with Crippen LogP contribution in [0, 0.1) is 0 Å². The zero-order chi connectivity index (χ0) is 20.4. The van der Waals surface area contributed by atoms with Gasteiger partial charge < -0.3 is 4.74 Å². The number of sulfonamides is 2. The Morgan fingerprint density at radius 2 is 1.75 bits per heavy atom. The molecule has 9 nitrogen and oxygen atoms in total. The maximum Gasteiger partial charge on any atom is 0.264 e. The second-order valence-corrected chi connectivity index (χ2v) is 9.89. The Labute approximate surface area is 167 Å². The fraction of sp³-hybridized carbons (Fsp3) is 0.250. The van der Waals surface area contributed by atoms with Crippen LogP contribution in [0.2, 0.25) is 0 Å². The van der Waals surface area contributed by atoms with Crippen LogP contribution in [0.5, 0.6) is 0 Å². The molecule has 2 N–H and O–H groups in total. The number of nitrogens with zero attached hydrogens (tertiary/aromatic N) is 2. The Kier molecular flexibility index (Phi) is 5.95. The normalized spacial score (nSPS) is 13.5. The van der Waals surface area contributed by atoms with Gasteiger partial charge in [0, 0.05) is 18.8 Å². The van der Waals surface area contributed by atoms with Gasteiger partial charge in [0.05, 0.1) is 23.2 Å². The number of fused-ring (bicyclic) bond motifs is 1. The number of methoxy groups -OCH3 is 1. The number of hydrogen-bond donors (Lipinski definition) is 2. The first-order chi connectivity index (χ1) is 13.2. The fourth-order valence-corrected chi connectivity index (χ4v) is 5.58. The van der Waals surface area contributed by atoms with Crippen LogP contribution < -0.4 is 9.44 Å². The lowest BCUT2D eigenvalue weighted by Crippen LogP contribution is -2.35. The van der Waals surface area contributed by atoms with Gasteiger partial charge in [0.2, 0.25) is 10.0 Å². The molecule has 0 aliphatic heterocycles. The smallest absolute Gasteiger partial charge is 0.264 e. The molecule has 12 heteroatoms. The average Bonchev–Trinajstić information content (AvgIpc) is 3.10. The lowest BCUT2D eigenvalue weighted by Gasteiger charge is -2.14. The zero-order valence-corrected chi connectivity index (χ0v) is 17.4. The summed E-state index contributed by atoms with van der Waals surface area (Å²) in [5.41, 5.74) is 1.00. The summed E-state index contributed by atoms with van der Waals surface area (Å²) in [7, 11) is -6.17. The lowest BCUT2D eigenvalue weighted by molar-refractivity contribution is 0.180. The van der Waals surface area contributed by atoms with E-state index in [9.17, 15) is 16.8 Å². The average molecular weight is 443 g/mol. The van der Waals surface area contributed by atoms with E-state index in [2.05, 4.69) is 18.2 Å². The summed E-state index contributed by atoms with van der Waals surface area (Å²) in [6, 6.07) is 9.71. The molecular weight excluding hydrogens is 424 g/mol. The van der Waals surface area contributed by atoms with E-state index < -0.39 is 26.1 Å². The minimum atomic E-state index is -3.91. The molecule has 1 heterocycles. The summed E-state index contributed by atoms with van der Waals surface area (Å²) >= 11 is 0.927. The van der Waals surface area contributed by atoms with Crippen LogP contribution >= 0.6 is 11.7 Å². The van der Waals surface area contributed by atoms with Gasteiger partial charge in [0.25, 0.3) is 10.0 Å². The first-order valence-corrected chi connectivity index (χ1v) is 11.8. The summed E-state index contributed by atoms with van der Waals surface area (Å²) in [6.45, 7) is 1.91. The van der Waals surface area contributed by atoms with Gasteiger partial charge in [0.1, 0.15) is 15.9 Å². The fourth-order valence-electron chi connectivity index (χ4n) is 2.53. The molecule has 2 aromatic carbocycles. The van der Waals surface area contributed by atoms with Gasteiger partial charge in [-0.05, 0) is 43.3 Å². The molecule has 0 unspecified atom stereocenters. The lowest BCUT2D eigenvalue weighted by atomic mass is 10.3. The summed E-state index contributed by atoms with van der Waals surface area (Å²) in [5.74, 6) is 0. The minimum Gasteiger partial charge on any atom is -0.383 e. The summed E-state index contributed by atoms with van der Waals surface area (Å²) in [5, 5.41) is 0. The predicted octanol–water partition coefficient (Wildman–Crippen LogP) is 1.81. The van der Waals surface area contributed by atoms with Crippen molar-refractivity contribution in [2.75, 3.05) is 18.4 Å². The molecular formula is C16H18N4O5S3. The van der Waals surface area contributed by atoms with Gasteiger partial charge in [-0.15, -0.1) is 0 Å². The first-order valence-electron chi connectivity index (χ1n) is 8.08. The number of anilines is 1. The molecule has 150 valence electrons. The SMILES string of the molecule is COC[C@H](C)NS(=O)(=O)c1ccc(NS(=O)(=O)c2cccc3nsnc23)cc1. The summed E-state index contributed by atoms with van der Waals surface area (Å²) < 4.78 is 67.9. The Bertz CT molecular complexity index is 1170. The molecule has 0 amide bonds. The van der Waals surface area contributed by atoms with Crippen molar-refractivity contribution >= 4 is 48.5 Å². The predicted molar refractivity (Wildman–Crippen MR) is 106 cm³/mol. The number of benzene rings is 2. The van der Waals surface area contributed by atoms with E-state index in [1.165, 1.54) is 37.4 Å². The Hall–Kier alpha value is -2.12. The Morgan fingerprint density at radius 3 is 2.43 bits per heavy atom. The van der Waals surface area contributed by atoms with E-state index in [1.807, 2.05) is 0 Å². The molecule has 0 fully saturated rings. The highest BCUT2D eigenvalue weighted by atomic mass is 32.2. The van der Waals surface area contributed by atoms with Gasteiger partial charge in [-0.2, -0.15) is 8.75 Å². The number of ether oxygens (including phenoxy) is 1. The van der Waals surface area contributed by atoms with Crippen molar-refractivity contribution in [3.8, 4) is 0 Å². The van der Waals surface area contributed by atoms with E-state index in [1.54, 1.807) is 19.1 Å². The number of aromatic nitrogens is 2. The molecule has 0 aliphatic carbocycles. The van der Waals surface area contributed by atoms with Crippen LogP contribution in [0.3, 0.4) is 0 Å². The molecule has 0 bridgehead atoms. The Morgan fingerprint density at radius 1 is 1.04 bits per heavy atom. The molecule has 0 aliphatic rings. The van der Waals surface area contributed by atoms with Crippen LogP contribution in [0.1, 0.15) is 6.92 Å². The van der Waals surface area contributed by atoms with Crippen LogP contribution in [-0.4, -0.2) is 45.3 Å². The molecule has 0 spiro atoms. The van der Waals surface area contributed by atoms with Crippen molar-refractivity contribution < 1.29 is 21.6 Å². The largest absolute Gasteiger partial charge is 0.383 e. The quantitative estimate of drug-likeness (QED) is 0.544. The van der Waals surface area contributed by atoms with E-state index in [0.29, 0.717) is 5.52 Å². The number of rotatable bonds is 8. The van der Waals surface area contributed by atoms with Crippen molar-refractivity contribution in [2.24, 2.45) is 0 Å². The van der Waals surface area contributed by atoms with Gasteiger partial charge in [-0.3, -0.25) is 4.72 Å². The second kappa shape index (κ2) is 8.09. The highest BCUT2D eigenvalue weighted by Crippen LogP contribution is 2.24. The molecule has 3 aromatic rings. The van der Waals surface area contributed by atoms with Gasteiger partial charge in [0.15, 0.2) is 0 Å². The topological polar surface area (TPSA) is 127 Å². The maximum atomic E-state index is 12.7. The standard InChI is InChI=1S/C16H18N4O5S3/c1-11(10-25-2)19-27(21,22)13-8-6-12(7-9-13)20-28(23,24)15-5-3-4-14-16(15)18-26-17-14/h3-9,11,19-20H,10H2,1-2H3/t11-/m0/s1. The second-order valence-electron chi connectivity index (χ2n) is 6.00. The van der Waals surface area contributed by atoms with Crippen LogP contribution in [0.25, 0.3) is 11.0 Å².